The highest BCUT2D eigenvalue weighted by molar-refractivity contribution is 7.92. The van der Waals surface area contributed by atoms with Crippen molar-refractivity contribution in [2.24, 2.45) is 0 Å². The van der Waals surface area contributed by atoms with Gasteiger partial charge in [-0.25, -0.2) is 8.42 Å². The molecule has 1 saturated carbocycles. The van der Waals surface area contributed by atoms with Crippen molar-refractivity contribution >= 4 is 21.6 Å². The molecule has 1 aliphatic carbocycles. The molecule has 0 unspecified atom stereocenters. The Hall–Kier alpha value is -1.60. The topological polar surface area (TPSA) is 86.7 Å². The van der Waals surface area contributed by atoms with E-state index in [2.05, 4.69) is 4.72 Å². The summed E-state index contributed by atoms with van der Waals surface area (Å²) in [6, 6.07) is 6.52. The van der Waals surface area contributed by atoms with Crippen LogP contribution in [0.2, 0.25) is 0 Å². The number of rotatable bonds is 6. The van der Waals surface area contributed by atoms with Crippen molar-refractivity contribution in [2.45, 2.75) is 25.3 Å². The summed E-state index contributed by atoms with van der Waals surface area (Å²) in [5.41, 5.74) is 0.917. The van der Waals surface area contributed by atoms with Crippen LogP contribution in [0.15, 0.2) is 24.3 Å². The molecule has 116 valence electrons. The van der Waals surface area contributed by atoms with Crippen LogP contribution in [0.25, 0.3) is 0 Å². The van der Waals surface area contributed by atoms with Crippen LogP contribution in [0.4, 0.5) is 5.69 Å². The highest BCUT2D eigenvalue weighted by Gasteiger charge is 2.28. The molecule has 1 aliphatic rings. The fourth-order valence-corrected chi connectivity index (χ4v) is 2.88. The number of aliphatic hydroxyl groups is 1. The largest absolute Gasteiger partial charge is 0.395 e. The summed E-state index contributed by atoms with van der Waals surface area (Å²) in [7, 11) is -3.32. The van der Waals surface area contributed by atoms with Crippen molar-refractivity contribution in [1.29, 1.82) is 0 Å². The summed E-state index contributed by atoms with van der Waals surface area (Å²) in [5.74, 6) is -0.125. The van der Waals surface area contributed by atoms with Gasteiger partial charge in [-0.15, -0.1) is 0 Å². The van der Waals surface area contributed by atoms with Crippen LogP contribution in [0.1, 0.15) is 29.6 Å². The lowest BCUT2D eigenvalue weighted by atomic mass is 9.91. The van der Waals surface area contributed by atoms with Crippen LogP contribution in [-0.4, -0.2) is 49.8 Å². The maximum Gasteiger partial charge on any atom is 0.254 e. The van der Waals surface area contributed by atoms with Crippen molar-refractivity contribution in [3.05, 3.63) is 29.8 Å². The van der Waals surface area contributed by atoms with Crippen LogP contribution in [0, 0.1) is 0 Å². The molecule has 1 fully saturated rings. The van der Waals surface area contributed by atoms with Gasteiger partial charge in [-0.05, 0) is 43.5 Å². The second-order valence-electron chi connectivity index (χ2n) is 5.26. The molecule has 0 aliphatic heterocycles. The number of amides is 1. The summed E-state index contributed by atoms with van der Waals surface area (Å²) in [6.07, 6.45) is 4.13. The number of hydrogen-bond acceptors (Lipinski definition) is 4. The Kier molecular flexibility index (Phi) is 4.84. The second-order valence-corrected chi connectivity index (χ2v) is 7.01. The van der Waals surface area contributed by atoms with Crippen LogP contribution >= 0.6 is 0 Å². The molecule has 7 heteroatoms. The van der Waals surface area contributed by atoms with Gasteiger partial charge in [0.25, 0.3) is 5.91 Å². The van der Waals surface area contributed by atoms with E-state index in [1.54, 1.807) is 29.2 Å². The fourth-order valence-electron chi connectivity index (χ4n) is 2.32. The number of aliphatic hydroxyl groups excluding tert-OH is 1. The molecule has 0 radical (unpaired) electrons. The molecule has 0 bridgehead atoms. The number of benzene rings is 1. The molecule has 2 N–H and O–H groups in total. The Labute approximate surface area is 124 Å². The Morgan fingerprint density at radius 1 is 1.33 bits per heavy atom. The minimum Gasteiger partial charge on any atom is -0.395 e. The molecule has 21 heavy (non-hydrogen) atoms. The number of hydrogen-bond donors (Lipinski definition) is 2. The van der Waals surface area contributed by atoms with Crippen molar-refractivity contribution < 1.29 is 18.3 Å². The number of carbonyl (C=O) groups is 1. The second kappa shape index (κ2) is 6.44. The summed E-state index contributed by atoms with van der Waals surface area (Å²) >= 11 is 0. The average Bonchev–Trinajstić information content (AvgIpc) is 2.34. The SMILES string of the molecule is CS(=O)(=O)Nc1ccc(C(=O)N(CCO)C2CCC2)cc1. The number of nitrogens with zero attached hydrogens (tertiary/aromatic N) is 1. The zero-order valence-electron chi connectivity index (χ0n) is 11.9. The highest BCUT2D eigenvalue weighted by atomic mass is 32.2. The first-order chi connectivity index (χ1) is 9.90. The lowest BCUT2D eigenvalue weighted by Crippen LogP contribution is -2.45. The predicted octanol–water partition coefficient (Wildman–Crippen LogP) is 1.05. The maximum absolute atomic E-state index is 12.4. The highest BCUT2D eigenvalue weighted by Crippen LogP contribution is 2.26. The van der Waals surface area contributed by atoms with Gasteiger partial charge in [0.2, 0.25) is 10.0 Å². The van der Waals surface area contributed by atoms with Crippen LogP contribution < -0.4 is 4.72 Å². The average molecular weight is 312 g/mol. The van der Waals surface area contributed by atoms with Crippen LogP contribution in [0.3, 0.4) is 0 Å². The van der Waals surface area contributed by atoms with E-state index in [0.29, 0.717) is 17.8 Å². The van der Waals surface area contributed by atoms with E-state index >= 15 is 0 Å². The first-order valence-electron chi connectivity index (χ1n) is 6.90. The lowest BCUT2D eigenvalue weighted by Gasteiger charge is -2.37. The van der Waals surface area contributed by atoms with E-state index in [0.717, 1.165) is 25.5 Å². The Morgan fingerprint density at radius 3 is 2.38 bits per heavy atom. The molecule has 6 nitrogen and oxygen atoms in total. The third-order valence-electron chi connectivity index (χ3n) is 3.55. The van der Waals surface area contributed by atoms with Crippen molar-refractivity contribution in [1.82, 2.24) is 4.90 Å². The number of nitrogens with one attached hydrogen (secondary N) is 1. The van der Waals surface area contributed by atoms with Gasteiger partial charge in [0, 0.05) is 23.8 Å². The summed E-state index contributed by atoms with van der Waals surface area (Å²) < 4.78 is 24.6. The predicted molar refractivity (Wildman–Crippen MR) is 80.7 cm³/mol. The van der Waals surface area contributed by atoms with E-state index in [1.165, 1.54) is 0 Å². The van der Waals surface area contributed by atoms with Gasteiger partial charge in [-0.1, -0.05) is 0 Å². The van der Waals surface area contributed by atoms with Gasteiger partial charge in [-0.2, -0.15) is 0 Å². The van der Waals surface area contributed by atoms with Gasteiger partial charge in [0.15, 0.2) is 0 Å². The van der Waals surface area contributed by atoms with Gasteiger partial charge in [0.05, 0.1) is 12.9 Å². The molecule has 1 amide bonds. The van der Waals surface area contributed by atoms with E-state index in [9.17, 15) is 13.2 Å². The van der Waals surface area contributed by atoms with E-state index in [4.69, 9.17) is 5.11 Å². The van der Waals surface area contributed by atoms with Gasteiger partial charge >= 0.3 is 0 Å². The molecule has 0 aromatic heterocycles. The molecular weight excluding hydrogens is 292 g/mol. The van der Waals surface area contributed by atoms with Gasteiger partial charge < -0.3 is 10.0 Å². The Morgan fingerprint density at radius 2 is 1.95 bits per heavy atom. The normalized spacial score (nSPS) is 15.3. The minimum atomic E-state index is -3.32. The molecule has 1 aromatic carbocycles. The molecule has 0 atom stereocenters. The Bertz CT molecular complexity index is 594. The van der Waals surface area contributed by atoms with Crippen molar-refractivity contribution in [2.75, 3.05) is 24.1 Å². The number of sulfonamides is 1. The zero-order valence-corrected chi connectivity index (χ0v) is 12.8. The fraction of sp³-hybridized carbons (Fsp3) is 0.500. The monoisotopic (exact) mass is 312 g/mol. The maximum atomic E-state index is 12.4. The van der Waals surface area contributed by atoms with Crippen molar-refractivity contribution in [3.8, 4) is 0 Å². The van der Waals surface area contributed by atoms with E-state index in [-0.39, 0.29) is 18.6 Å². The third-order valence-corrected chi connectivity index (χ3v) is 4.16. The van der Waals surface area contributed by atoms with Crippen LogP contribution in [-0.2, 0) is 10.0 Å². The molecule has 0 heterocycles. The molecular formula is C14H20N2O4S. The van der Waals surface area contributed by atoms with E-state index in [1.807, 2.05) is 0 Å². The third kappa shape index (κ3) is 4.18. The van der Waals surface area contributed by atoms with Gasteiger partial charge in [-0.3, -0.25) is 9.52 Å². The standard InChI is InChI=1S/C14H20N2O4S/c1-21(19,20)15-12-7-5-11(6-8-12)14(18)16(9-10-17)13-3-2-4-13/h5-8,13,15,17H,2-4,9-10H2,1H3. The summed E-state index contributed by atoms with van der Waals surface area (Å²) in [4.78, 5) is 14.1. The first kappa shape index (κ1) is 15.8. The quantitative estimate of drug-likeness (QED) is 0.822. The first-order valence-corrected chi connectivity index (χ1v) is 8.79. The van der Waals surface area contributed by atoms with E-state index < -0.39 is 10.0 Å². The van der Waals surface area contributed by atoms with Crippen LogP contribution in [0.5, 0.6) is 0 Å². The zero-order chi connectivity index (χ0) is 15.5. The smallest absolute Gasteiger partial charge is 0.254 e. The van der Waals surface area contributed by atoms with Gasteiger partial charge in [0.1, 0.15) is 0 Å². The molecule has 1 aromatic rings. The number of anilines is 1. The minimum absolute atomic E-state index is 0.0596. The molecule has 0 spiro atoms. The summed E-state index contributed by atoms with van der Waals surface area (Å²) in [5, 5.41) is 9.10. The molecule has 0 saturated heterocycles. The molecule has 2 rings (SSSR count). The lowest BCUT2D eigenvalue weighted by molar-refractivity contribution is 0.0526. The summed E-state index contributed by atoms with van der Waals surface area (Å²) in [6.45, 7) is 0.267. The van der Waals surface area contributed by atoms with Crippen molar-refractivity contribution in [3.63, 3.8) is 0 Å². The Balaban J connectivity index is 2.10. The number of carbonyl (C=O) groups excluding carboxylic acids is 1.